The lowest BCUT2D eigenvalue weighted by Crippen LogP contribution is -2.30. The van der Waals surface area contributed by atoms with E-state index in [9.17, 15) is 9.59 Å². The molecule has 1 aliphatic rings. The Kier molecular flexibility index (Phi) is 5.88. The summed E-state index contributed by atoms with van der Waals surface area (Å²) in [6, 6.07) is 25.3. The SMILES string of the molecule is COc1ccccc1-c1ccc(C(=O)N2Cc3ccc(C(=O)n4ccnc4)n3Cc3ccccc32)cc1C. The molecule has 38 heavy (non-hydrogen) atoms. The number of carbonyl (C=O) groups excluding carboxylic acids is 2. The molecule has 6 rings (SSSR count). The number of benzene rings is 3. The number of fused-ring (bicyclic) bond motifs is 2. The number of methoxy groups -OCH3 is 1. The summed E-state index contributed by atoms with van der Waals surface area (Å²) in [5, 5.41) is 0. The van der Waals surface area contributed by atoms with Gasteiger partial charge in [-0.3, -0.25) is 14.2 Å². The van der Waals surface area contributed by atoms with Gasteiger partial charge in [-0.05, 0) is 60.0 Å². The van der Waals surface area contributed by atoms with Gasteiger partial charge in [0.1, 0.15) is 17.8 Å². The molecule has 3 aromatic carbocycles. The number of aryl methyl sites for hydroxylation is 1. The van der Waals surface area contributed by atoms with Crippen LogP contribution >= 0.6 is 0 Å². The highest BCUT2D eigenvalue weighted by Gasteiger charge is 2.28. The van der Waals surface area contributed by atoms with Crippen LogP contribution in [0.3, 0.4) is 0 Å². The van der Waals surface area contributed by atoms with Gasteiger partial charge in [0.2, 0.25) is 0 Å². The number of rotatable bonds is 4. The zero-order chi connectivity index (χ0) is 26.2. The van der Waals surface area contributed by atoms with E-state index in [4.69, 9.17) is 4.74 Å². The lowest BCUT2D eigenvalue weighted by Gasteiger charge is -2.23. The number of para-hydroxylation sites is 2. The first-order valence-electron chi connectivity index (χ1n) is 12.4. The first-order chi connectivity index (χ1) is 18.5. The summed E-state index contributed by atoms with van der Waals surface area (Å²) in [6.07, 6.45) is 4.72. The summed E-state index contributed by atoms with van der Waals surface area (Å²) in [5.74, 6) is 0.538. The largest absolute Gasteiger partial charge is 0.496 e. The van der Waals surface area contributed by atoms with Crippen molar-refractivity contribution in [3.63, 3.8) is 0 Å². The summed E-state index contributed by atoms with van der Waals surface area (Å²) >= 11 is 0. The minimum atomic E-state index is -0.159. The van der Waals surface area contributed by atoms with Crippen molar-refractivity contribution in [1.29, 1.82) is 0 Å². The van der Waals surface area contributed by atoms with E-state index in [1.807, 2.05) is 90.4 Å². The fraction of sp³-hybridized carbons (Fsp3) is 0.129. The lowest BCUT2D eigenvalue weighted by molar-refractivity contribution is 0.0950. The number of nitrogens with zero attached hydrogens (tertiary/aromatic N) is 4. The minimum absolute atomic E-state index is 0.0933. The molecule has 1 aliphatic heterocycles. The molecule has 5 aromatic rings. The van der Waals surface area contributed by atoms with Crippen LogP contribution in [0.2, 0.25) is 0 Å². The minimum Gasteiger partial charge on any atom is -0.496 e. The molecule has 0 radical (unpaired) electrons. The maximum atomic E-state index is 14.0. The Morgan fingerprint density at radius 1 is 0.868 bits per heavy atom. The van der Waals surface area contributed by atoms with Gasteiger partial charge in [0, 0.05) is 34.9 Å². The molecular weight excluding hydrogens is 476 g/mol. The zero-order valence-corrected chi connectivity index (χ0v) is 21.2. The van der Waals surface area contributed by atoms with Crippen molar-refractivity contribution in [1.82, 2.24) is 14.1 Å². The van der Waals surface area contributed by atoms with Gasteiger partial charge in [0.15, 0.2) is 0 Å². The van der Waals surface area contributed by atoms with Crippen LogP contribution in [0.4, 0.5) is 5.69 Å². The second-order valence-corrected chi connectivity index (χ2v) is 9.32. The average molecular weight is 503 g/mol. The number of hydrogen-bond acceptors (Lipinski definition) is 4. The predicted octanol–water partition coefficient (Wildman–Crippen LogP) is 5.57. The third-order valence-electron chi connectivity index (χ3n) is 7.08. The fourth-order valence-corrected chi connectivity index (χ4v) is 5.16. The molecule has 0 fully saturated rings. The Bertz CT molecular complexity index is 1670. The predicted molar refractivity (Wildman–Crippen MR) is 146 cm³/mol. The van der Waals surface area contributed by atoms with Gasteiger partial charge in [0.25, 0.3) is 11.8 Å². The van der Waals surface area contributed by atoms with Crippen LogP contribution in [0, 0.1) is 6.92 Å². The molecule has 0 aliphatic carbocycles. The fourth-order valence-electron chi connectivity index (χ4n) is 5.16. The first-order valence-corrected chi connectivity index (χ1v) is 12.4. The van der Waals surface area contributed by atoms with Gasteiger partial charge < -0.3 is 14.2 Å². The highest BCUT2D eigenvalue weighted by molar-refractivity contribution is 6.07. The zero-order valence-electron chi connectivity index (χ0n) is 21.2. The molecule has 0 saturated heterocycles. The van der Waals surface area contributed by atoms with Crippen LogP contribution in [-0.2, 0) is 13.1 Å². The van der Waals surface area contributed by atoms with Crippen molar-refractivity contribution >= 4 is 17.5 Å². The average Bonchev–Trinajstić information content (AvgIpc) is 3.59. The Labute approximate surface area is 220 Å². The number of amides is 1. The maximum absolute atomic E-state index is 14.0. The molecule has 0 N–H and O–H groups in total. The van der Waals surface area contributed by atoms with Crippen LogP contribution in [0.5, 0.6) is 5.75 Å². The van der Waals surface area contributed by atoms with Gasteiger partial charge in [-0.15, -0.1) is 0 Å². The molecule has 0 atom stereocenters. The van der Waals surface area contributed by atoms with Gasteiger partial charge in [-0.2, -0.15) is 0 Å². The molecule has 3 heterocycles. The summed E-state index contributed by atoms with van der Waals surface area (Å²) in [6.45, 7) is 2.85. The molecule has 0 unspecified atom stereocenters. The Morgan fingerprint density at radius 3 is 2.47 bits per heavy atom. The Balaban J connectivity index is 1.38. The highest BCUT2D eigenvalue weighted by atomic mass is 16.5. The molecule has 188 valence electrons. The van der Waals surface area contributed by atoms with E-state index in [0.717, 1.165) is 39.4 Å². The first kappa shape index (κ1) is 23.5. The number of ether oxygens (including phenoxy) is 1. The Hall–Kier alpha value is -4.91. The summed E-state index contributed by atoms with van der Waals surface area (Å²) in [7, 11) is 1.66. The molecule has 1 amide bonds. The molecule has 7 heteroatoms. The van der Waals surface area contributed by atoms with E-state index in [2.05, 4.69) is 4.98 Å². The van der Waals surface area contributed by atoms with Crippen molar-refractivity contribution in [3.8, 4) is 16.9 Å². The van der Waals surface area contributed by atoms with Crippen molar-refractivity contribution in [3.05, 3.63) is 126 Å². The molecule has 0 saturated carbocycles. The second kappa shape index (κ2) is 9.52. The third-order valence-corrected chi connectivity index (χ3v) is 7.08. The summed E-state index contributed by atoms with van der Waals surface area (Å²) < 4.78 is 9.01. The van der Waals surface area contributed by atoms with Crippen molar-refractivity contribution in [2.75, 3.05) is 12.0 Å². The van der Waals surface area contributed by atoms with Gasteiger partial charge in [0.05, 0.1) is 20.2 Å². The van der Waals surface area contributed by atoms with Crippen LogP contribution < -0.4 is 9.64 Å². The van der Waals surface area contributed by atoms with E-state index < -0.39 is 0 Å². The quantitative estimate of drug-likeness (QED) is 0.322. The molecule has 0 spiro atoms. The van der Waals surface area contributed by atoms with E-state index in [-0.39, 0.29) is 11.8 Å². The van der Waals surface area contributed by atoms with Crippen molar-refractivity contribution in [2.24, 2.45) is 0 Å². The molecular formula is C31H26N4O3. The number of anilines is 1. The summed E-state index contributed by atoms with van der Waals surface area (Å²) in [4.78, 5) is 32.9. The van der Waals surface area contributed by atoms with Gasteiger partial charge >= 0.3 is 0 Å². The molecule has 7 nitrogen and oxygen atoms in total. The summed E-state index contributed by atoms with van der Waals surface area (Å²) in [5.41, 5.74) is 6.85. The van der Waals surface area contributed by atoms with Crippen LogP contribution in [0.1, 0.15) is 37.7 Å². The Morgan fingerprint density at radius 2 is 1.68 bits per heavy atom. The van der Waals surface area contributed by atoms with E-state index in [1.165, 1.54) is 10.9 Å². The topological polar surface area (TPSA) is 69.4 Å². The van der Waals surface area contributed by atoms with Crippen molar-refractivity contribution < 1.29 is 14.3 Å². The number of aromatic nitrogens is 3. The molecule has 2 aromatic heterocycles. The van der Waals surface area contributed by atoms with Crippen LogP contribution in [-0.4, -0.2) is 33.0 Å². The van der Waals surface area contributed by atoms with E-state index in [0.29, 0.717) is 24.3 Å². The maximum Gasteiger partial charge on any atom is 0.279 e. The molecule has 0 bridgehead atoms. The lowest BCUT2D eigenvalue weighted by atomic mass is 9.97. The standard InChI is InChI=1S/C31H26N4O3/c1-21-17-22(11-13-25(21)26-8-4-6-10-29(26)38-2)30(36)35-19-24-12-14-28(31(37)33-16-15-32-20-33)34(24)18-23-7-3-5-9-27(23)35/h3-17,20H,18-19H2,1-2H3. The number of carbonyl (C=O) groups is 2. The van der Waals surface area contributed by atoms with Crippen LogP contribution in [0.25, 0.3) is 11.1 Å². The normalized spacial score (nSPS) is 12.4. The second-order valence-electron chi connectivity index (χ2n) is 9.32. The van der Waals surface area contributed by atoms with Crippen molar-refractivity contribution in [2.45, 2.75) is 20.0 Å². The highest BCUT2D eigenvalue weighted by Crippen LogP contribution is 2.34. The van der Waals surface area contributed by atoms with E-state index in [1.54, 1.807) is 24.4 Å². The van der Waals surface area contributed by atoms with Crippen LogP contribution in [0.15, 0.2) is 97.6 Å². The number of hydrogen-bond donors (Lipinski definition) is 0. The third kappa shape index (κ3) is 3.98. The number of imidazole rings is 1. The smallest absolute Gasteiger partial charge is 0.279 e. The van der Waals surface area contributed by atoms with E-state index >= 15 is 0 Å². The van der Waals surface area contributed by atoms with Gasteiger partial charge in [-0.1, -0.05) is 42.5 Å². The van der Waals surface area contributed by atoms with Gasteiger partial charge in [-0.25, -0.2) is 4.98 Å². The monoisotopic (exact) mass is 502 g/mol.